The molecule has 0 atom stereocenters. The molecule has 0 saturated heterocycles. The summed E-state index contributed by atoms with van der Waals surface area (Å²) in [7, 11) is 2.10. The molecule has 2 aromatic heterocycles. The van der Waals surface area contributed by atoms with Gasteiger partial charge in [0.05, 0.1) is 12.1 Å². The summed E-state index contributed by atoms with van der Waals surface area (Å²) in [6.07, 6.45) is 1.84. The Morgan fingerprint density at radius 1 is 1.12 bits per heavy atom. The highest BCUT2D eigenvalue weighted by Gasteiger charge is 2.12. The highest BCUT2D eigenvalue weighted by molar-refractivity contribution is 6.12. The lowest BCUT2D eigenvalue weighted by atomic mass is 10.1. The van der Waals surface area contributed by atoms with E-state index >= 15 is 0 Å². The van der Waals surface area contributed by atoms with E-state index in [1.807, 2.05) is 18.3 Å². The van der Waals surface area contributed by atoms with E-state index in [0.29, 0.717) is 6.61 Å². The molecule has 5 heteroatoms. The first-order valence-electron chi connectivity index (χ1n) is 8.46. The summed E-state index contributed by atoms with van der Waals surface area (Å²) in [4.78, 5) is 8.86. The maximum atomic E-state index is 5.93. The van der Waals surface area contributed by atoms with Gasteiger partial charge in [0.15, 0.2) is 0 Å². The number of benzene rings is 2. The molecule has 1 aliphatic rings. The largest absolute Gasteiger partial charge is 0.486 e. The molecule has 0 fully saturated rings. The van der Waals surface area contributed by atoms with Crippen LogP contribution >= 0.6 is 0 Å². The van der Waals surface area contributed by atoms with E-state index in [1.54, 1.807) is 0 Å². The van der Waals surface area contributed by atoms with Crippen LogP contribution in [0.1, 0.15) is 0 Å². The minimum absolute atomic E-state index is 0.487. The van der Waals surface area contributed by atoms with Crippen LogP contribution in [0.5, 0.6) is 5.75 Å². The van der Waals surface area contributed by atoms with E-state index in [-0.39, 0.29) is 0 Å². The van der Waals surface area contributed by atoms with Crippen molar-refractivity contribution in [2.24, 2.45) is 12.0 Å². The zero-order valence-corrected chi connectivity index (χ0v) is 14.0. The van der Waals surface area contributed by atoms with Crippen LogP contribution in [0.4, 0.5) is 0 Å². The number of nitrogens with zero attached hydrogens (tertiary/aromatic N) is 3. The smallest absolute Gasteiger partial charge is 0.145 e. The third-order valence-corrected chi connectivity index (χ3v) is 4.82. The topological polar surface area (TPSA) is 51.4 Å². The molecule has 0 spiro atoms. The molecule has 25 heavy (non-hydrogen) atoms. The second-order valence-corrected chi connectivity index (χ2v) is 6.35. The first-order chi connectivity index (χ1) is 12.3. The first kappa shape index (κ1) is 14.3. The number of rotatable bonds is 3. The van der Waals surface area contributed by atoms with Gasteiger partial charge in [-0.3, -0.25) is 9.98 Å². The normalized spacial score (nSPS) is 14.2. The van der Waals surface area contributed by atoms with Gasteiger partial charge in [-0.05, 0) is 36.4 Å². The number of hydrogen-bond acceptors (Lipinski definition) is 4. The van der Waals surface area contributed by atoms with E-state index in [1.165, 1.54) is 21.8 Å². The van der Waals surface area contributed by atoms with Crippen molar-refractivity contribution in [2.45, 2.75) is 0 Å². The summed E-state index contributed by atoms with van der Waals surface area (Å²) in [5.41, 5.74) is 3.40. The Hall–Kier alpha value is -3.08. The van der Waals surface area contributed by atoms with Crippen LogP contribution in [0.2, 0.25) is 0 Å². The predicted molar refractivity (Wildman–Crippen MR) is 102 cm³/mol. The molecule has 5 rings (SSSR count). The molecule has 4 aromatic rings. The van der Waals surface area contributed by atoms with E-state index in [4.69, 9.17) is 4.74 Å². The Bertz CT molecular complexity index is 1140. The summed E-state index contributed by atoms with van der Waals surface area (Å²) in [6.45, 7) is 2.23. The zero-order chi connectivity index (χ0) is 16.8. The highest BCUT2D eigenvalue weighted by Crippen LogP contribution is 2.33. The second-order valence-electron chi connectivity index (χ2n) is 6.35. The van der Waals surface area contributed by atoms with Crippen LogP contribution in [0.25, 0.3) is 32.7 Å². The summed E-state index contributed by atoms with van der Waals surface area (Å²) >= 11 is 0. The van der Waals surface area contributed by atoms with Crippen molar-refractivity contribution >= 4 is 38.5 Å². The minimum Gasteiger partial charge on any atom is -0.486 e. The van der Waals surface area contributed by atoms with Crippen molar-refractivity contribution < 1.29 is 4.74 Å². The molecule has 5 nitrogen and oxygen atoms in total. The lowest BCUT2D eigenvalue weighted by molar-refractivity contribution is 0.374. The fraction of sp³-hybridized carbons (Fsp3) is 0.200. The van der Waals surface area contributed by atoms with Crippen molar-refractivity contribution in [3.63, 3.8) is 0 Å². The maximum Gasteiger partial charge on any atom is 0.145 e. The van der Waals surface area contributed by atoms with Crippen molar-refractivity contribution in [1.29, 1.82) is 0 Å². The Labute approximate surface area is 144 Å². The summed E-state index contributed by atoms with van der Waals surface area (Å²) < 4.78 is 8.15. The average molecular weight is 330 g/mol. The Morgan fingerprint density at radius 2 is 2.04 bits per heavy atom. The zero-order valence-electron chi connectivity index (χ0n) is 14.0. The van der Waals surface area contributed by atoms with E-state index in [9.17, 15) is 0 Å². The van der Waals surface area contributed by atoms with Gasteiger partial charge in [-0.1, -0.05) is 6.07 Å². The molecule has 0 aliphatic carbocycles. The number of aromatic nitrogens is 2. The van der Waals surface area contributed by atoms with Crippen molar-refractivity contribution in [3.8, 4) is 5.75 Å². The molecule has 0 bridgehead atoms. The Balaban J connectivity index is 1.63. The average Bonchev–Trinajstić information content (AvgIpc) is 3.26. The number of pyridine rings is 1. The van der Waals surface area contributed by atoms with Gasteiger partial charge in [-0.25, -0.2) is 0 Å². The molecule has 2 aromatic carbocycles. The van der Waals surface area contributed by atoms with Crippen LogP contribution in [0, 0.1) is 0 Å². The monoisotopic (exact) mass is 330 g/mol. The highest BCUT2D eigenvalue weighted by atomic mass is 16.5. The van der Waals surface area contributed by atoms with Crippen LogP contribution in [-0.4, -0.2) is 35.1 Å². The summed E-state index contributed by atoms with van der Waals surface area (Å²) in [6, 6.07) is 14.7. The SMILES string of the molecule is Cn1c2ccc(OCC3=NCCN3)cc2c2cc3ncccc3cc21. The van der Waals surface area contributed by atoms with Crippen molar-refractivity contribution in [3.05, 3.63) is 48.7 Å². The summed E-state index contributed by atoms with van der Waals surface area (Å²) in [5.74, 6) is 1.78. The second kappa shape index (κ2) is 5.48. The van der Waals surface area contributed by atoms with Crippen LogP contribution < -0.4 is 10.1 Å². The minimum atomic E-state index is 0.487. The maximum absolute atomic E-state index is 5.93. The number of aryl methyl sites for hydroxylation is 1. The fourth-order valence-corrected chi connectivity index (χ4v) is 3.54. The molecule has 1 aliphatic heterocycles. The quantitative estimate of drug-likeness (QED) is 0.627. The van der Waals surface area contributed by atoms with Gasteiger partial charge >= 0.3 is 0 Å². The molecular formula is C20H18N4O. The Kier molecular flexibility index (Phi) is 3.13. The van der Waals surface area contributed by atoms with Crippen LogP contribution in [-0.2, 0) is 7.05 Å². The number of hydrogen-bond donors (Lipinski definition) is 1. The number of fused-ring (bicyclic) bond motifs is 4. The Morgan fingerprint density at radius 3 is 2.92 bits per heavy atom. The number of amidine groups is 1. The van der Waals surface area contributed by atoms with Gasteiger partial charge in [0.2, 0.25) is 0 Å². The molecule has 0 saturated carbocycles. The molecule has 3 heterocycles. The number of aliphatic imine (C=N–C) groups is 1. The number of ether oxygens (including phenoxy) is 1. The fourth-order valence-electron chi connectivity index (χ4n) is 3.54. The van der Waals surface area contributed by atoms with Gasteiger partial charge in [0.25, 0.3) is 0 Å². The molecule has 1 N–H and O–H groups in total. The van der Waals surface area contributed by atoms with E-state index in [0.717, 1.165) is 35.6 Å². The van der Waals surface area contributed by atoms with E-state index < -0.39 is 0 Å². The van der Waals surface area contributed by atoms with Crippen LogP contribution in [0.3, 0.4) is 0 Å². The lowest BCUT2D eigenvalue weighted by Gasteiger charge is -2.07. The van der Waals surface area contributed by atoms with Gasteiger partial charge in [0, 0.05) is 47.0 Å². The predicted octanol–water partition coefficient (Wildman–Crippen LogP) is 3.26. The van der Waals surface area contributed by atoms with Gasteiger partial charge in [-0.15, -0.1) is 0 Å². The number of nitrogens with one attached hydrogen (secondary N) is 1. The third-order valence-electron chi connectivity index (χ3n) is 4.82. The summed E-state index contributed by atoms with van der Waals surface area (Å²) in [5, 5.41) is 6.77. The molecule has 0 radical (unpaired) electrons. The van der Waals surface area contributed by atoms with Gasteiger partial charge in [-0.2, -0.15) is 0 Å². The molecule has 0 unspecified atom stereocenters. The van der Waals surface area contributed by atoms with Gasteiger partial charge < -0.3 is 14.6 Å². The van der Waals surface area contributed by atoms with Crippen molar-refractivity contribution in [1.82, 2.24) is 14.9 Å². The third kappa shape index (κ3) is 2.31. The van der Waals surface area contributed by atoms with Crippen molar-refractivity contribution in [2.75, 3.05) is 19.7 Å². The molecule has 124 valence electrons. The lowest BCUT2D eigenvalue weighted by Crippen LogP contribution is -2.24. The van der Waals surface area contributed by atoms with E-state index in [2.05, 4.69) is 57.2 Å². The van der Waals surface area contributed by atoms with Crippen LogP contribution in [0.15, 0.2) is 53.7 Å². The molecular weight excluding hydrogens is 312 g/mol. The van der Waals surface area contributed by atoms with Gasteiger partial charge in [0.1, 0.15) is 18.2 Å². The first-order valence-corrected chi connectivity index (χ1v) is 8.46. The molecule has 0 amide bonds. The standard InChI is InChI=1S/C20H18N4O/c1-24-18-5-4-14(25-12-20-22-7-8-23-20)10-15(18)16-11-17-13(9-19(16)24)3-2-6-21-17/h2-6,9-11H,7-8,12H2,1H3,(H,22,23).